The predicted molar refractivity (Wildman–Crippen MR) is 74.7 cm³/mol. The molecule has 0 saturated carbocycles. The van der Waals surface area contributed by atoms with Gasteiger partial charge in [0, 0.05) is 17.7 Å². The van der Waals surface area contributed by atoms with Crippen molar-refractivity contribution in [2.75, 3.05) is 18.2 Å². The molecule has 0 bridgehead atoms. The average molecular weight is 250 g/mol. The minimum Gasteiger partial charge on any atom is -0.494 e. The molecule has 100 valence electrons. The lowest BCUT2D eigenvalue weighted by atomic mass is 10.0. The first-order valence-electron chi connectivity index (χ1n) is 6.32. The molecule has 1 atom stereocenters. The summed E-state index contributed by atoms with van der Waals surface area (Å²) in [4.78, 5) is 12.0. The highest BCUT2D eigenvalue weighted by atomic mass is 16.5. The third kappa shape index (κ3) is 3.95. The van der Waals surface area contributed by atoms with Crippen LogP contribution < -0.4 is 15.8 Å². The first kappa shape index (κ1) is 14.4. The van der Waals surface area contributed by atoms with Crippen LogP contribution in [0.3, 0.4) is 0 Å². The van der Waals surface area contributed by atoms with Crippen molar-refractivity contribution < 1.29 is 9.53 Å². The third-order valence-electron chi connectivity index (χ3n) is 2.92. The monoisotopic (exact) mass is 250 g/mol. The summed E-state index contributed by atoms with van der Waals surface area (Å²) in [5.74, 6) is 0.616. The van der Waals surface area contributed by atoms with Crippen molar-refractivity contribution in [1.29, 1.82) is 0 Å². The van der Waals surface area contributed by atoms with Crippen LogP contribution in [-0.2, 0) is 4.79 Å². The number of anilines is 2. The molecule has 1 amide bonds. The number of hydrogen-bond acceptors (Lipinski definition) is 3. The molecule has 3 N–H and O–H groups in total. The number of nitrogens with one attached hydrogen (secondary N) is 1. The molecular weight excluding hydrogens is 228 g/mol. The van der Waals surface area contributed by atoms with Gasteiger partial charge in [0.2, 0.25) is 5.91 Å². The van der Waals surface area contributed by atoms with Crippen molar-refractivity contribution in [2.24, 2.45) is 5.92 Å². The minimum atomic E-state index is 0.00668. The fourth-order valence-electron chi connectivity index (χ4n) is 1.71. The molecule has 0 spiro atoms. The Morgan fingerprint density at radius 3 is 2.83 bits per heavy atom. The molecule has 0 saturated heterocycles. The zero-order chi connectivity index (χ0) is 13.5. The highest BCUT2D eigenvalue weighted by Gasteiger charge is 2.14. The number of rotatable bonds is 6. The van der Waals surface area contributed by atoms with E-state index in [1.54, 1.807) is 25.3 Å². The summed E-state index contributed by atoms with van der Waals surface area (Å²) in [7, 11) is 1.56. The average Bonchev–Trinajstić information content (AvgIpc) is 2.37. The minimum absolute atomic E-state index is 0.00668. The molecule has 4 nitrogen and oxygen atoms in total. The van der Waals surface area contributed by atoms with Gasteiger partial charge in [0.15, 0.2) is 0 Å². The van der Waals surface area contributed by atoms with Gasteiger partial charge in [-0.2, -0.15) is 0 Å². The van der Waals surface area contributed by atoms with Crippen LogP contribution in [0.5, 0.6) is 5.75 Å². The van der Waals surface area contributed by atoms with Crippen LogP contribution in [0.25, 0.3) is 0 Å². The lowest BCUT2D eigenvalue weighted by molar-refractivity contribution is -0.119. The summed E-state index contributed by atoms with van der Waals surface area (Å²) in [5.41, 5.74) is 6.95. The third-order valence-corrected chi connectivity index (χ3v) is 2.92. The van der Waals surface area contributed by atoms with Gasteiger partial charge in [0.1, 0.15) is 5.75 Å². The second-order valence-corrected chi connectivity index (χ2v) is 4.49. The van der Waals surface area contributed by atoms with Crippen molar-refractivity contribution in [2.45, 2.75) is 33.1 Å². The number of carbonyl (C=O) groups is 1. The van der Waals surface area contributed by atoms with Crippen LogP contribution in [0.4, 0.5) is 11.4 Å². The number of nitrogens with two attached hydrogens (primary N) is 1. The number of carbonyl (C=O) groups excluding carboxylic acids is 1. The Morgan fingerprint density at radius 1 is 1.50 bits per heavy atom. The Balaban J connectivity index is 2.69. The molecule has 1 unspecified atom stereocenters. The zero-order valence-electron chi connectivity index (χ0n) is 11.3. The first-order valence-corrected chi connectivity index (χ1v) is 6.32. The predicted octanol–water partition coefficient (Wildman–Crippen LogP) is 3.04. The fourth-order valence-corrected chi connectivity index (χ4v) is 1.71. The number of nitrogen functional groups attached to an aromatic ring is 1. The van der Waals surface area contributed by atoms with Crippen LogP contribution in [-0.4, -0.2) is 13.0 Å². The standard InChI is InChI=1S/C14H22N2O2/c1-4-5-6-10(2)14(17)16-12-8-7-11(15)9-13(12)18-3/h7-10H,4-6,15H2,1-3H3,(H,16,17). The van der Waals surface area contributed by atoms with E-state index in [0.717, 1.165) is 19.3 Å². The highest BCUT2D eigenvalue weighted by molar-refractivity contribution is 5.94. The smallest absolute Gasteiger partial charge is 0.227 e. The molecule has 1 aromatic carbocycles. The number of unbranched alkanes of at least 4 members (excludes halogenated alkanes) is 1. The molecule has 1 rings (SSSR count). The highest BCUT2D eigenvalue weighted by Crippen LogP contribution is 2.27. The second-order valence-electron chi connectivity index (χ2n) is 4.49. The number of ether oxygens (including phenoxy) is 1. The molecule has 1 aromatic rings. The van der Waals surface area contributed by atoms with E-state index in [-0.39, 0.29) is 11.8 Å². The summed E-state index contributed by atoms with van der Waals surface area (Å²) in [6.07, 6.45) is 3.07. The summed E-state index contributed by atoms with van der Waals surface area (Å²) >= 11 is 0. The number of benzene rings is 1. The summed E-state index contributed by atoms with van der Waals surface area (Å²) in [6.45, 7) is 4.06. The Kier molecular flexibility index (Phi) is 5.49. The largest absolute Gasteiger partial charge is 0.494 e. The van der Waals surface area contributed by atoms with Crippen LogP contribution in [0, 0.1) is 5.92 Å². The quantitative estimate of drug-likeness (QED) is 0.763. The molecule has 0 heterocycles. The van der Waals surface area contributed by atoms with E-state index < -0.39 is 0 Å². The Morgan fingerprint density at radius 2 is 2.22 bits per heavy atom. The molecule has 4 heteroatoms. The van der Waals surface area contributed by atoms with E-state index >= 15 is 0 Å². The van der Waals surface area contributed by atoms with Gasteiger partial charge in [0.05, 0.1) is 12.8 Å². The molecule has 18 heavy (non-hydrogen) atoms. The van der Waals surface area contributed by atoms with Crippen molar-refractivity contribution in [1.82, 2.24) is 0 Å². The summed E-state index contributed by atoms with van der Waals surface area (Å²) in [5, 5.41) is 2.88. The maximum Gasteiger partial charge on any atom is 0.227 e. The summed E-state index contributed by atoms with van der Waals surface area (Å²) in [6, 6.07) is 5.21. The topological polar surface area (TPSA) is 64.4 Å². The molecule has 0 aliphatic carbocycles. The van der Waals surface area contributed by atoms with Gasteiger partial charge in [-0.05, 0) is 18.6 Å². The first-order chi connectivity index (χ1) is 8.58. The van der Waals surface area contributed by atoms with E-state index in [9.17, 15) is 4.79 Å². The Bertz CT molecular complexity index is 405. The van der Waals surface area contributed by atoms with Crippen molar-refractivity contribution in [3.05, 3.63) is 18.2 Å². The Hall–Kier alpha value is -1.71. The van der Waals surface area contributed by atoms with E-state index in [2.05, 4.69) is 12.2 Å². The second kappa shape index (κ2) is 6.89. The van der Waals surface area contributed by atoms with E-state index in [0.29, 0.717) is 17.1 Å². The maximum absolute atomic E-state index is 12.0. The molecular formula is C14H22N2O2. The van der Waals surface area contributed by atoms with Gasteiger partial charge in [0.25, 0.3) is 0 Å². The van der Waals surface area contributed by atoms with Gasteiger partial charge >= 0.3 is 0 Å². The van der Waals surface area contributed by atoms with Gasteiger partial charge in [-0.3, -0.25) is 4.79 Å². The molecule has 0 fully saturated rings. The van der Waals surface area contributed by atoms with Gasteiger partial charge in [-0.25, -0.2) is 0 Å². The number of methoxy groups -OCH3 is 1. The normalized spacial score (nSPS) is 11.9. The zero-order valence-corrected chi connectivity index (χ0v) is 11.3. The van der Waals surface area contributed by atoms with Crippen molar-refractivity contribution in [3.63, 3.8) is 0 Å². The molecule has 0 aliphatic heterocycles. The molecule has 0 radical (unpaired) electrons. The van der Waals surface area contributed by atoms with E-state index in [1.807, 2.05) is 6.92 Å². The lowest BCUT2D eigenvalue weighted by Crippen LogP contribution is -2.20. The summed E-state index contributed by atoms with van der Waals surface area (Å²) < 4.78 is 5.19. The van der Waals surface area contributed by atoms with Gasteiger partial charge in [-0.15, -0.1) is 0 Å². The lowest BCUT2D eigenvalue weighted by Gasteiger charge is -2.14. The van der Waals surface area contributed by atoms with E-state index in [4.69, 9.17) is 10.5 Å². The Labute approximate surface area is 109 Å². The maximum atomic E-state index is 12.0. The van der Waals surface area contributed by atoms with Crippen LogP contribution in [0.1, 0.15) is 33.1 Å². The van der Waals surface area contributed by atoms with Crippen LogP contribution in [0.2, 0.25) is 0 Å². The number of hydrogen-bond donors (Lipinski definition) is 2. The SMILES string of the molecule is CCCCC(C)C(=O)Nc1ccc(N)cc1OC. The van der Waals surface area contributed by atoms with Crippen molar-refractivity contribution >= 4 is 17.3 Å². The van der Waals surface area contributed by atoms with E-state index in [1.165, 1.54) is 0 Å². The molecule has 0 aromatic heterocycles. The number of amides is 1. The fraction of sp³-hybridized carbons (Fsp3) is 0.500. The van der Waals surface area contributed by atoms with Crippen molar-refractivity contribution in [3.8, 4) is 5.75 Å². The van der Waals surface area contributed by atoms with Gasteiger partial charge in [-0.1, -0.05) is 26.7 Å². The van der Waals surface area contributed by atoms with Gasteiger partial charge < -0.3 is 15.8 Å². The molecule has 0 aliphatic rings. The van der Waals surface area contributed by atoms with Crippen LogP contribution in [0.15, 0.2) is 18.2 Å². The van der Waals surface area contributed by atoms with Crippen LogP contribution >= 0.6 is 0 Å².